The van der Waals surface area contributed by atoms with Gasteiger partial charge in [0.25, 0.3) is 10.0 Å². The van der Waals surface area contributed by atoms with Crippen LogP contribution in [0, 0.1) is 5.82 Å². The zero-order valence-corrected chi connectivity index (χ0v) is 9.83. The number of aromatic hydroxyl groups is 1. The maximum atomic E-state index is 13.4. The molecular weight excluding hydrogens is 269 g/mol. The van der Waals surface area contributed by atoms with E-state index in [1.807, 2.05) is 0 Å². The number of halogens is 1. The van der Waals surface area contributed by atoms with Crippen LogP contribution in [-0.2, 0) is 10.0 Å². The van der Waals surface area contributed by atoms with Crippen molar-refractivity contribution in [3.05, 3.63) is 45.1 Å². The first-order valence-corrected chi connectivity index (χ1v) is 6.66. The lowest BCUT2D eigenvalue weighted by Crippen LogP contribution is -2.23. The first-order valence-electron chi connectivity index (χ1n) is 4.34. The van der Waals surface area contributed by atoms with Crippen molar-refractivity contribution < 1.29 is 17.9 Å². The van der Waals surface area contributed by atoms with E-state index in [0.717, 1.165) is 17.5 Å². The Kier molecular flexibility index (Phi) is 2.76. The normalized spacial score (nSPS) is 11.6. The van der Waals surface area contributed by atoms with E-state index in [1.165, 1.54) is 12.1 Å². The lowest BCUT2D eigenvalue weighted by Gasteiger charge is -2.05. The molecule has 0 spiro atoms. The van der Waals surface area contributed by atoms with Gasteiger partial charge in [-0.2, -0.15) is 3.97 Å². The van der Waals surface area contributed by atoms with Crippen molar-refractivity contribution >= 4 is 21.4 Å². The molecule has 1 aromatic carbocycles. The van der Waals surface area contributed by atoms with Crippen LogP contribution in [0.3, 0.4) is 0 Å². The van der Waals surface area contributed by atoms with Crippen LogP contribution in [0.2, 0.25) is 0 Å². The highest BCUT2D eigenvalue weighted by Gasteiger charge is 2.25. The Labute approximate surface area is 99.4 Å². The van der Waals surface area contributed by atoms with Crippen molar-refractivity contribution in [1.82, 2.24) is 3.97 Å². The quantitative estimate of drug-likeness (QED) is 0.886. The monoisotopic (exact) mass is 275 g/mol. The molecule has 1 heterocycles. The van der Waals surface area contributed by atoms with Gasteiger partial charge in [-0.3, -0.25) is 4.79 Å². The smallest absolute Gasteiger partial charge is 0.324 e. The van der Waals surface area contributed by atoms with Crippen molar-refractivity contribution in [1.29, 1.82) is 0 Å². The molecule has 8 heteroatoms. The van der Waals surface area contributed by atoms with Gasteiger partial charge >= 0.3 is 4.87 Å². The summed E-state index contributed by atoms with van der Waals surface area (Å²) in [7, 11) is -4.40. The molecule has 0 aliphatic rings. The van der Waals surface area contributed by atoms with Crippen LogP contribution in [-0.4, -0.2) is 17.5 Å². The van der Waals surface area contributed by atoms with E-state index in [4.69, 9.17) is 0 Å². The fourth-order valence-corrected chi connectivity index (χ4v) is 3.51. The molecule has 90 valence electrons. The van der Waals surface area contributed by atoms with E-state index < -0.39 is 31.5 Å². The number of hydrogen-bond acceptors (Lipinski definition) is 5. The van der Waals surface area contributed by atoms with Crippen LogP contribution in [0.4, 0.5) is 4.39 Å². The number of hydrogen-bond donors (Lipinski definition) is 1. The summed E-state index contributed by atoms with van der Waals surface area (Å²) in [5.74, 6) is -1.71. The Morgan fingerprint density at radius 3 is 2.47 bits per heavy atom. The summed E-state index contributed by atoms with van der Waals surface area (Å²) in [6.07, 6.45) is 0. The van der Waals surface area contributed by atoms with Gasteiger partial charge in [-0.05, 0) is 12.1 Å². The van der Waals surface area contributed by atoms with Gasteiger partial charge in [0.2, 0.25) is 5.88 Å². The number of thiazole rings is 1. The third kappa shape index (κ3) is 1.85. The highest BCUT2D eigenvalue weighted by molar-refractivity contribution is 7.90. The topological polar surface area (TPSA) is 76.4 Å². The van der Waals surface area contributed by atoms with Gasteiger partial charge in [0.15, 0.2) is 0 Å². The van der Waals surface area contributed by atoms with Crippen LogP contribution in [0.25, 0.3) is 0 Å². The Hall–Kier alpha value is -1.67. The molecule has 2 rings (SSSR count). The Morgan fingerprint density at radius 1 is 1.29 bits per heavy atom. The number of aromatic nitrogens is 1. The Bertz CT molecular complexity index is 717. The van der Waals surface area contributed by atoms with Crippen LogP contribution in [0.15, 0.2) is 39.3 Å². The predicted molar refractivity (Wildman–Crippen MR) is 59.2 cm³/mol. The summed E-state index contributed by atoms with van der Waals surface area (Å²) in [5.41, 5.74) is 0. The molecule has 0 bridgehead atoms. The average Bonchev–Trinajstić information content (AvgIpc) is 2.59. The fourth-order valence-electron chi connectivity index (χ4n) is 1.27. The van der Waals surface area contributed by atoms with Crippen molar-refractivity contribution in [3.8, 4) is 5.88 Å². The zero-order valence-electron chi connectivity index (χ0n) is 8.20. The molecule has 1 N–H and O–H groups in total. The molecule has 0 aliphatic carbocycles. The van der Waals surface area contributed by atoms with E-state index >= 15 is 0 Å². The first-order chi connectivity index (χ1) is 7.94. The molecule has 2 aromatic rings. The molecule has 0 radical (unpaired) electrons. The van der Waals surface area contributed by atoms with Crippen LogP contribution < -0.4 is 4.87 Å². The fraction of sp³-hybridized carbons (Fsp3) is 0. The molecule has 0 saturated carbocycles. The number of rotatable bonds is 2. The van der Waals surface area contributed by atoms with E-state index in [0.29, 0.717) is 11.3 Å². The van der Waals surface area contributed by atoms with Gasteiger partial charge in [-0.25, -0.2) is 12.8 Å². The van der Waals surface area contributed by atoms with Gasteiger partial charge < -0.3 is 5.11 Å². The summed E-state index contributed by atoms with van der Waals surface area (Å²) in [5, 5.41) is 10.3. The molecule has 0 amide bonds. The molecule has 0 atom stereocenters. The minimum absolute atomic E-state index is 0.163. The lowest BCUT2D eigenvalue weighted by atomic mass is 10.4. The van der Waals surface area contributed by atoms with Crippen LogP contribution >= 0.6 is 11.3 Å². The second kappa shape index (κ2) is 3.97. The summed E-state index contributed by atoms with van der Waals surface area (Å²) in [6, 6.07) is 4.63. The van der Waals surface area contributed by atoms with E-state index in [-0.39, 0.29) is 3.97 Å². The Balaban J connectivity index is 2.76. The largest absolute Gasteiger partial charge is 0.493 e. The van der Waals surface area contributed by atoms with E-state index in [2.05, 4.69) is 0 Å². The average molecular weight is 275 g/mol. The van der Waals surface area contributed by atoms with Crippen molar-refractivity contribution in [2.45, 2.75) is 4.90 Å². The van der Waals surface area contributed by atoms with Gasteiger partial charge in [-0.15, -0.1) is 0 Å². The minimum atomic E-state index is -4.40. The van der Waals surface area contributed by atoms with Crippen molar-refractivity contribution in [2.24, 2.45) is 0 Å². The molecule has 5 nitrogen and oxygen atoms in total. The van der Waals surface area contributed by atoms with Crippen LogP contribution in [0.5, 0.6) is 5.88 Å². The summed E-state index contributed by atoms with van der Waals surface area (Å²) < 4.78 is 37.4. The molecule has 1 aromatic heterocycles. The number of nitrogens with zero attached hydrogens (tertiary/aromatic N) is 1. The molecule has 0 fully saturated rings. The molecule has 0 aliphatic heterocycles. The predicted octanol–water partition coefficient (Wildman–Crippen LogP) is 0.992. The van der Waals surface area contributed by atoms with Gasteiger partial charge in [0.05, 0.1) is 5.38 Å². The summed E-state index contributed by atoms with van der Waals surface area (Å²) >= 11 is 0.514. The first kappa shape index (κ1) is 11.8. The van der Waals surface area contributed by atoms with Gasteiger partial charge in [0, 0.05) is 0 Å². The summed E-state index contributed by atoms with van der Waals surface area (Å²) in [6.45, 7) is 0. The van der Waals surface area contributed by atoms with Crippen molar-refractivity contribution in [2.75, 3.05) is 0 Å². The highest BCUT2D eigenvalue weighted by Crippen LogP contribution is 2.21. The maximum absolute atomic E-state index is 13.4. The van der Waals surface area contributed by atoms with E-state index in [1.54, 1.807) is 0 Å². The second-order valence-corrected chi connectivity index (χ2v) is 5.64. The standard InChI is InChI=1S/C9H6FNO4S2/c10-6-3-1-2-4-7(6)17(14,15)11-8(12)5-16-9(11)13/h1-5,12H. The number of benzene rings is 1. The van der Waals surface area contributed by atoms with E-state index in [9.17, 15) is 22.7 Å². The van der Waals surface area contributed by atoms with Crippen LogP contribution in [0.1, 0.15) is 0 Å². The molecule has 0 unspecified atom stereocenters. The minimum Gasteiger partial charge on any atom is -0.493 e. The SMILES string of the molecule is O=c1scc(O)n1S(=O)(=O)c1ccccc1F. The summed E-state index contributed by atoms with van der Waals surface area (Å²) in [4.78, 5) is 9.74. The molecule has 17 heavy (non-hydrogen) atoms. The lowest BCUT2D eigenvalue weighted by molar-refractivity contribution is 0.443. The third-order valence-electron chi connectivity index (χ3n) is 1.99. The Morgan fingerprint density at radius 2 is 1.94 bits per heavy atom. The van der Waals surface area contributed by atoms with Crippen molar-refractivity contribution in [3.63, 3.8) is 0 Å². The molecular formula is C9H6FNO4S2. The zero-order chi connectivity index (χ0) is 12.6. The van der Waals surface area contributed by atoms with Gasteiger partial charge in [-0.1, -0.05) is 23.5 Å². The maximum Gasteiger partial charge on any atom is 0.324 e. The third-order valence-corrected chi connectivity index (χ3v) is 4.54. The molecule has 0 saturated heterocycles. The highest BCUT2D eigenvalue weighted by atomic mass is 32.2. The second-order valence-electron chi connectivity index (χ2n) is 3.06. The van der Waals surface area contributed by atoms with Gasteiger partial charge in [0.1, 0.15) is 10.7 Å².